The zero-order chi connectivity index (χ0) is 10.0. The van der Waals surface area contributed by atoms with Gasteiger partial charge in [0.05, 0.1) is 13.2 Å². The van der Waals surface area contributed by atoms with Gasteiger partial charge in [-0.25, -0.2) is 0 Å². The van der Waals surface area contributed by atoms with Crippen molar-refractivity contribution in [1.29, 1.82) is 0 Å². The topological polar surface area (TPSA) is 52.6 Å². The van der Waals surface area contributed by atoms with Crippen LogP contribution in [0.4, 0.5) is 0 Å². The second kappa shape index (κ2) is 3.79. The zero-order valence-electron chi connectivity index (χ0n) is 7.98. The number of hydrogen-bond donors (Lipinski definition) is 0. The average Bonchev–Trinajstić information content (AvgIpc) is 2.65. The van der Waals surface area contributed by atoms with E-state index in [0.29, 0.717) is 32.5 Å². The van der Waals surface area contributed by atoms with Gasteiger partial charge in [0.2, 0.25) is 0 Å². The molecule has 14 heavy (non-hydrogen) atoms. The van der Waals surface area contributed by atoms with E-state index >= 15 is 0 Å². The van der Waals surface area contributed by atoms with E-state index in [1.807, 2.05) is 0 Å². The highest BCUT2D eigenvalue weighted by molar-refractivity contribution is 5.59. The van der Waals surface area contributed by atoms with Gasteiger partial charge in [-0.3, -0.25) is 0 Å². The van der Waals surface area contributed by atoms with Gasteiger partial charge in [0.25, 0.3) is 0 Å². The number of aldehydes is 2. The molecule has 0 radical (unpaired) electrons. The highest BCUT2D eigenvalue weighted by Gasteiger charge is 2.44. The molecule has 0 aromatic heterocycles. The Labute approximate surface area is 82.6 Å². The second-order valence-electron chi connectivity index (χ2n) is 4.04. The van der Waals surface area contributed by atoms with Crippen LogP contribution in [-0.4, -0.2) is 31.6 Å². The van der Waals surface area contributed by atoms with Crippen LogP contribution in [0.25, 0.3) is 0 Å². The third kappa shape index (κ3) is 1.72. The smallest absolute Gasteiger partial charge is 0.169 e. The molecule has 2 fully saturated rings. The van der Waals surface area contributed by atoms with Crippen LogP contribution < -0.4 is 0 Å². The molecule has 2 aliphatic rings. The summed E-state index contributed by atoms with van der Waals surface area (Å²) in [6.07, 6.45) is 3.65. The second-order valence-corrected chi connectivity index (χ2v) is 4.04. The summed E-state index contributed by atoms with van der Waals surface area (Å²) >= 11 is 0. The molecule has 2 atom stereocenters. The molecule has 0 aromatic rings. The Bertz CT molecular complexity index is 214. The Kier molecular flexibility index (Phi) is 2.65. The van der Waals surface area contributed by atoms with Crippen LogP contribution in [0, 0.1) is 11.8 Å². The van der Waals surface area contributed by atoms with Crippen LogP contribution >= 0.6 is 0 Å². The molecular weight excluding hydrogens is 184 g/mol. The van der Waals surface area contributed by atoms with Gasteiger partial charge in [-0.2, -0.15) is 0 Å². The lowest BCUT2D eigenvalue weighted by atomic mass is 9.79. The van der Waals surface area contributed by atoms with Gasteiger partial charge in [0.1, 0.15) is 12.6 Å². The Morgan fingerprint density at radius 1 is 1.00 bits per heavy atom. The van der Waals surface area contributed by atoms with E-state index in [-0.39, 0.29) is 11.8 Å². The minimum Gasteiger partial charge on any atom is -0.347 e. The summed E-state index contributed by atoms with van der Waals surface area (Å²) < 4.78 is 11.0. The van der Waals surface area contributed by atoms with E-state index in [1.54, 1.807) is 0 Å². The molecule has 1 aliphatic heterocycles. The minimum absolute atomic E-state index is 0.1000. The summed E-state index contributed by atoms with van der Waals surface area (Å²) in [5.41, 5.74) is 0. The van der Waals surface area contributed by atoms with E-state index in [4.69, 9.17) is 9.47 Å². The molecular formula is C10H14O4. The van der Waals surface area contributed by atoms with Gasteiger partial charge >= 0.3 is 0 Å². The lowest BCUT2D eigenvalue weighted by Crippen LogP contribution is -2.41. The monoisotopic (exact) mass is 198 g/mol. The Balaban J connectivity index is 2.10. The van der Waals surface area contributed by atoms with Crippen molar-refractivity contribution in [1.82, 2.24) is 0 Å². The van der Waals surface area contributed by atoms with E-state index in [0.717, 1.165) is 12.6 Å². The highest BCUT2D eigenvalue weighted by atomic mass is 16.7. The van der Waals surface area contributed by atoms with Crippen molar-refractivity contribution >= 4 is 12.6 Å². The van der Waals surface area contributed by atoms with Crippen LogP contribution in [0.2, 0.25) is 0 Å². The molecule has 0 amide bonds. The molecule has 4 nitrogen and oxygen atoms in total. The van der Waals surface area contributed by atoms with Crippen LogP contribution in [-0.2, 0) is 19.1 Å². The Hall–Kier alpha value is -0.740. The maximum Gasteiger partial charge on any atom is 0.169 e. The van der Waals surface area contributed by atoms with Crippen molar-refractivity contribution in [3.63, 3.8) is 0 Å². The molecule has 1 heterocycles. The first-order valence-electron chi connectivity index (χ1n) is 4.96. The first-order chi connectivity index (χ1) is 6.78. The van der Waals surface area contributed by atoms with Gasteiger partial charge in [-0.05, 0) is 6.42 Å². The van der Waals surface area contributed by atoms with Crippen molar-refractivity contribution in [2.24, 2.45) is 11.8 Å². The van der Waals surface area contributed by atoms with Crippen LogP contribution in [0.5, 0.6) is 0 Å². The number of carbonyl (C=O) groups is 2. The number of hydrogen-bond acceptors (Lipinski definition) is 4. The molecule has 0 N–H and O–H groups in total. The quantitative estimate of drug-likeness (QED) is 0.608. The summed E-state index contributed by atoms with van der Waals surface area (Å²) in [7, 11) is 0. The summed E-state index contributed by atoms with van der Waals surface area (Å²) in [5.74, 6) is -0.843. The van der Waals surface area contributed by atoms with Gasteiger partial charge in [-0.1, -0.05) is 0 Å². The third-order valence-corrected chi connectivity index (χ3v) is 2.95. The number of ether oxygens (including phenoxy) is 2. The molecule has 4 heteroatoms. The first-order valence-corrected chi connectivity index (χ1v) is 4.96. The predicted molar refractivity (Wildman–Crippen MR) is 47.6 cm³/mol. The summed E-state index contributed by atoms with van der Waals surface area (Å²) in [6, 6.07) is 0. The third-order valence-electron chi connectivity index (χ3n) is 2.95. The molecule has 0 aromatic carbocycles. The molecule has 0 unspecified atom stereocenters. The van der Waals surface area contributed by atoms with Crippen molar-refractivity contribution < 1.29 is 19.1 Å². The van der Waals surface area contributed by atoms with Gasteiger partial charge in [0.15, 0.2) is 5.79 Å². The fourth-order valence-corrected chi connectivity index (χ4v) is 2.38. The molecule has 1 aliphatic carbocycles. The average molecular weight is 198 g/mol. The Morgan fingerprint density at radius 3 is 1.93 bits per heavy atom. The number of rotatable bonds is 2. The molecule has 1 saturated heterocycles. The molecule has 2 rings (SSSR count). The fraction of sp³-hybridized carbons (Fsp3) is 0.800. The summed E-state index contributed by atoms with van der Waals surface area (Å²) in [6.45, 7) is 1.13. The molecule has 1 saturated carbocycles. The molecule has 1 spiro atoms. The summed E-state index contributed by atoms with van der Waals surface area (Å²) in [4.78, 5) is 21.5. The zero-order valence-corrected chi connectivity index (χ0v) is 7.98. The van der Waals surface area contributed by atoms with E-state index in [2.05, 4.69) is 0 Å². The summed E-state index contributed by atoms with van der Waals surface area (Å²) in [5, 5.41) is 0. The van der Waals surface area contributed by atoms with Crippen molar-refractivity contribution in [2.45, 2.75) is 25.0 Å². The lowest BCUT2D eigenvalue weighted by Gasteiger charge is -2.36. The fourth-order valence-electron chi connectivity index (χ4n) is 2.38. The number of carbonyl (C=O) groups excluding carboxylic acids is 2. The normalized spacial score (nSPS) is 35.7. The standard InChI is InChI=1S/C10H14O4/c11-6-8-3-9(7-12)5-10(4-8)13-1-2-14-10/h6-9H,1-5H2/t8-,9+. The van der Waals surface area contributed by atoms with E-state index in [9.17, 15) is 9.59 Å². The van der Waals surface area contributed by atoms with Crippen molar-refractivity contribution in [2.75, 3.05) is 13.2 Å². The largest absolute Gasteiger partial charge is 0.347 e. The van der Waals surface area contributed by atoms with Crippen molar-refractivity contribution in [3.05, 3.63) is 0 Å². The lowest BCUT2D eigenvalue weighted by molar-refractivity contribution is -0.195. The Morgan fingerprint density at radius 2 is 1.50 bits per heavy atom. The molecule has 78 valence electrons. The van der Waals surface area contributed by atoms with Gasteiger partial charge in [-0.15, -0.1) is 0 Å². The van der Waals surface area contributed by atoms with Crippen LogP contribution in [0.1, 0.15) is 19.3 Å². The van der Waals surface area contributed by atoms with Crippen LogP contribution in [0.15, 0.2) is 0 Å². The van der Waals surface area contributed by atoms with Crippen molar-refractivity contribution in [3.8, 4) is 0 Å². The highest BCUT2D eigenvalue weighted by Crippen LogP contribution is 2.40. The predicted octanol–water partition coefficient (Wildman–Crippen LogP) is 0.544. The van der Waals surface area contributed by atoms with Gasteiger partial charge in [0, 0.05) is 24.7 Å². The maximum absolute atomic E-state index is 10.7. The van der Waals surface area contributed by atoms with Crippen LogP contribution in [0.3, 0.4) is 0 Å². The maximum atomic E-state index is 10.7. The van der Waals surface area contributed by atoms with E-state index in [1.165, 1.54) is 0 Å². The molecule has 0 bridgehead atoms. The SMILES string of the molecule is O=C[C@@H]1C[C@H](C=O)CC2(C1)OCCO2. The minimum atomic E-state index is -0.643. The first kappa shape index (κ1) is 9.80. The van der Waals surface area contributed by atoms with E-state index < -0.39 is 5.79 Å². The van der Waals surface area contributed by atoms with Gasteiger partial charge < -0.3 is 19.1 Å².